The van der Waals surface area contributed by atoms with Crippen molar-refractivity contribution in [3.05, 3.63) is 89.2 Å². The Bertz CT molecular complexity index is 1230. The topological polar surface area (TPSA) is 66.4 Å². The highest BCUT2D eigenvalue weighted by Crippen LogP contribution is 2.38. The first kappa shape index (κ1) is 21.1. The number of carbonyl (C=O) groups is 2. The van der Waals surface area contributed by atoms with Gasteiger partial charge in [-0.25, -0.2) is 18.5 Å². The van der Waals surface area contributed by atoms with E-state index in [9.17, 15) is 18.4 Å². The minimum Gasteiger partial charge on any atom is -0.315 e. The van der Waals surface area contributed by atoms with Gasteiger partial charge in [0.1, 0.15) is 5.69 Å². The van der Waals surface area contributed by atoms with Crippen LogP contribution in [0.4, 0.5) is 19.3 Å². The molecular formula is C24H18F2N4O2. The Hall–Kier alpha value is -4.12. The average Bonchev–Trinajstić information content (AvgIpc) is 2.79. The van der Waals surface area contributed by atoms with Crippen LogP contribution in [0.5, 0.6) is 0 Å². The maximum absolute atomic E-state index is 14.9. The number of aromatic nitrogens is 2. The van der Waals surface area contributed by atoms with Crippen molar-refractivity contribution < 1.29 is 18.4 Å². The molecule has 1 aliphatic heterocycles. The number of hydrogen-bond acceptors (Lipinski definition) is 4. The summed E-state index contributed by atoms with van der Waals surface area (Å²) in [5.41, 5.74) is -0.659. The Kier molecular flexibility index (Phi) is 5.41. The molecule has 1 aliphatic rings. The van der Waals surface area contributed by atoms with E-state index < -0.39 is 34.8 Å². The van der Waals surface area contributed by atoms with E-state index >= 15 is 0 Å². The Morgan fingerprint density at radius 2 is 1.62 bits per heavy atom. The Balaban J connectivity index is 1.68. The van der Waals surface area contributed by atoms with Crippen molar-refractivity contribution >= 4 is 17.6 Å². The van der Waals surface area contributed by atoms with E-state index in [0.717, 1.165) is 12.1 Å². The first-order valence-electron chi connectivity index (χ1n) is 9.76. The number of amides is 3. The van der Waals surface area contributed by atoms with Gasteiger partial charge in [-0.3, -0.25) is 4.79 Å². The number of hydrogen-bond donors (Lipinski definition) is 0. The Morgan fingerprint density at radius 1 is 0.969 bits per heavy atom. The molecule has 0 radical (unpaired) electrons. The molecule has 32 heavy (non-hydrogen) atoms. The van der Waals surface area contributed by atoms with E-state index in [1.807, 2.05) is 6.07 Å². The minimum atomic E-state index is -1.10. The number of rotatable bonds is 2. The van der Waals surface area contributed by atoms with Crippen molar-refractivity contribution in [2.75, 3.05) is 11.9 Å². The highest BCUT2D eigenvalue weighted by atomic mass is 19.1. The van der Waals surface area contributed by atoms with Gasteiger partial charge in [-0.15, -0.1) is 0 Å². The first-order valence-corrected chi connectivity index (χ1v) is 9.76. The van der Waals surface area contributed by atoms with Gasteiger partial charge in [-0.2, -0.15) is 10.2 Å². The molecule has 0 N–H and O–H groups in total. The number of urea groups is 1. The van der Waals surface area contributed by atoms with E-state index in [1.54, 1.807) is 43.3 Å². The van der Waals surface area contributed by atoms with Gasteiger partial charge in [0.05, 0.1) is 17.7 Å². The normalized spacial score (nSPS) is 18.4. The lowest BCUT2D eigenvalue weighted by molar-refractivity contribution is -0.122. The number of nitrogens with zero attached hydrogens (tertiary/aromatic N) is 4. The lowest BCUT2D eigenvalue weighted by Gasteiger charge is -2.44. The number of halogens is 2. The van der Waals surface area contributed by atoms with Crippen molar-refractivity contribution in [1.82, 2.24) is 15.1 Å². The maximum Gasteiger partial charge on any atom is 0.332 e. The van der Waals surface area contributed by atoms with Crippen molar-refractivity contribution in [3.63, 3.8) is 0 Å². The van der Waals surface area contributed by atoms with Crippen LogP contribution in [0, 0.1) is 23.5 Å². The minimum absolute atomic E-state index is 0.0854. The molecule has 2 aromatic carbocycles. The molecule has 3 aromatic rings. The van der Waals surface area contributed by atoms with Gasteiger partial charge < -0.3 is 4.90 Å². The summed E-state index contributed by atoms with van der Waals surface area (Å²) >= 11 is 0. The van der Waals surface area contributed by atoms with Gasteiger partial charge in [0, 0.05) is 24.4 Å². The van der Waals surface area contributed by atoms with Gasteiger partial charge in [0.25, 0.3) is 0 Å². The summed E-state index contributed by atoms with van der Waals surface area (Å²) in [6.07, 6.45) is 1.25. The van der Waals surface area contributed by atoms with Gasteiger partial charge >= 0.3 is 6.03 Å². The van der Waals surface area contributed by atoms with Crippen LogP contribution in [0.2, 0.25) is 0 Å². The molecule has 1 fully saturated rings. The molecule has 2 heterocycles. The third kappa shape index (κ3) is 3.69. The van der Waals surface area contributed by atoms with E-state index in [-0.39, 0.29) is 12.0 Å². The fourth-order valence-electron chi connectivity index (χ4n) is 3.55. The zero-order valence-electron chi connectivity index (χ0n) is 17.3. The van der Waals surface area contributed by atoms with E-state index in [2.05, 4.69) is 22.0 Å². The summed E-state index contributed by atoms with van der Waals surface area (Å²) in [6.45, 7) is 1.65. The summed E-state index contributed by atoms with van der Waals surface area (Å²) in [4.78, 5) is 27.7. The molecule has 0 bridgehead atoms. The molecule has 8 heteroatoms. The molecule has 0 saturated carbocycles. The second kappa shape index (κ2) is 8.19. The van der Waals surface area contributed by atoms with Crippen LogP contribution in [-0.4, -0.2) is 34.1 Å². The van der Waals surface area contributed by atoms with Crippen molar-refractivity contribution in [1.29, 1.82) is 0 Å². The van der Waals surface area contributed by atoms with Gasteiger partial charge in [0.15, 0.2) is 11.6 Å². The largest absolute Gasteiger partial charge is 0.332 e. The standard InChI is InChI=1S/C24H18F2N4O2/c1-24(20-9-6-12-27-28-20)15-21(31)30(23(32)29(24)2)22-18(25)13-17(14-19(22)26)11-10-16-7-4-3-5-8-16/h3-9,12-14H,15H2,1-2H3/t24-/m0/s1. The smallest absolute Gasteiger partial charge is 0.315 e. The molecule has 1 atom stereocenters. The van der Waals surface area contributed by atoms with E-state index in [0.29, 0.717) is 16.2 Å². The molecule has 6 nitrogen and oxygen atoms in total. The van der Waals surface area contributed by atoms with Crippen molar-refractivity contribution in [2.24, 2.45) is 0 Å². The van der Waals surface area contributed by atoms with Gasteiger partial charge in [-0.05, 0) is 43.3 Å². The SMILES string of the molecule is CN1C(=O)N(c2c(F)cc(C#Cc3ccccc3)cc2F)C(=O)C[C@@]1(C)c1cccnn1. The zero-order valence-corrected chi connectivity index (χ0v) is 17.3. The molecular weight excluding hydrogens is 414 g/mol. The highest BCUT2D eigenvalue weighted by Gasteiger charge is 2.48. The fraction of sp³-hybridized carbons (Fsp3) is 0.167. The summed E-state index contributed by atoms with van der Waals surface area (Å²) in [6, 6.07) is 13.4. The molecule has 1 aromatic heterocycles. The van der Waals surface area contributed by atoms with E-state index in [4.69, 9.17) is 0 Å². The van der Waals surface area contributed by atoms with Crippen LogP contribution in [-0.2, 0) is 10.3 Å². The summed E-state index contributed by atoms with van der Waals surface area (Å²) in [7, 11) is 1.45. The summed E-state index contributed by atoms with van der Waals surface area (Å²) in [5.74, 6) is 2.65. The number of benzene rings is 2. The lowest BCUT2D eigenvalue weighted by Crippen LogP contribution is -2.60. The third-order valence-corrected chi connectivity index (χ3v) is 5.45. The molecule has 4 rings (SSSR count). The van der Waals surface area contributed by atoms with E-state index in [1.165, 1.54) is 18.1 Å². The molecule has 160 valence electrons. The van der Waals surface area contributed by atoms with Crippen LogP contribution in [0.1, 0.15) is 30.2 Å². The van der Waals surface area contributed by atoms with Crippen molar-refractivity contribution in [2.45, 2.75) is 18.9 Å². The molecule has 0 aliphatic carbocycles. The average molecular weight is 432 g/mol. The second-order valence-corrected chi connectivity index (χ2v) is 7.53. The van der Waals surface area contributed by atoms with Crippen molar-refractivity contribution in [3.8, 4) is 11.8 Å². The summed E-state index contributed by atoms with van der Waals surface area (Å²) in [5, 5.41) is 7.80. The monoisotopic (exact) mass is 432 g/mol. The molecule has 1 saturated heterocycles. The second-order valence-electron chi connectivity index (χ2n) is 7.53. The maximum atomic E-state index is 14.9. The molecule has 3 amide bonds. The first-order chi connectivity index (χ1) is 15.3. The molecule has 0 spiro atoms. The predicted octanol–water partition coefficient (Wildman–Crippen LogP) is 3.86. The van der Waals surface area contributed by atoms with Crippen LogP contribution >= 0.6 is 0 Å². The van der Waals surface area contributed by atoms with Crippen LogP contribution in [0.25, 0.3) is 0 Å². The third-order valence-electron chi connectivity index (χ3n) is 5.45. The quantitative estimate of drug-likeness (QED) is 0.577. The Morgan fingerprint density at radius 3 is 2.25 bits per heavy atom. The number of anilines is 1. The molecule has 0 unspecified atom stereocenters. The lowest BCUT2D eigenvalue weighted by atomic mass is 9.88. The van der Waals surface area contributed by atoms with Crippen LogP contribution in [0.15, 0.2) is 60.8 Å². The van der Waals surface area contributed by atoms with Gasteiger partial charge in [-0.1, -0.05) is 30.0 Å². The predicted molar refractivity (Wildman–Crippen MR) is 113 cm³/mol. The van der Waals surface area contributed by atoms with Crippen LogP contribution in [0.3, 0.4) is 0 Å². The summed E-state index contributed by atoms with van der Waals surface area (Å²) < 4.78 is 29.8. The van der Waals surface area contributed by atoms with Crippen LogP contribution < -0.4 is 4.90 Å². The Labute approximate surface area is 183 Å². The highest BCUT2D eigenvalue weighted by molar-refractivity contribution is 6.16. The number of carbonyl (C=O) groups excluding carboxylic acids is 2. The van der Waals surface area contributed by atoms with Gasteiger partial charge in [0.2, 0.25) is 5.91 Å². The zero-order chi connectivity index (χ0) is 22.9. The fourth-order valence-corrected chi connectivity index (χ4v) is 3.55. The number of imide groups is 1.